The third kappa shape index (κ3) is 3.44. The Bertz CT molecular complexity index is 853. The number of amides is 2. The Balaban J connectivity index is 1.85. The quantitative estimate of drug-likeness (QED) is 0.777. The number of carbonyl (C=O) groups excluding carboxylic acids is 2. The van der Waals surface area contributed by atoms with Crippen molar-refractivity contribution >= 4 is 40.7 Å². The molecule has 1 atom stereocenters. The van der Waals surface area contributed by atoms with E-state index in [1.165, 1.54) is 6.07 Å². The van der Waals surface area contributed by atoms with Gasteiger partial charge in [0, 0.05) is 23.8 Å². The average molecular weight is 391 g/mol. The van der Waals surface area contributed by atoms with Gasteiger partial charge >= 0.3 is 0 Å². The molecule has 1 aliphatic rings. The van der Waals surface area contributed by atoms with Crippen LogP contribution in [-0.2, 0) is 11.2 Å². The summed E-state index contributed by atoms with van der Waals surface area (Å²) in [6.45, 7) is 4.72. The number of rotatable bonds is 3. The first-order chi connectivity index (χ1) is 12.4. The van der Waals surface area contributed by atoms with Crippen molar-refractivity contribution in [2.75, 3.05) is 18.0 Å². The molecule has 1 heterocycles. The summed E-state index contributed by atoms with van der Waals surface area (Å²) >= 11 is 12.1. The van der Waals surface area contributed by atoms with Crippen LogP contribution in [0.4, 0.5) is 5.69 Å². The maximum absolute atomic E-state index is 13.0. The first-order valence-electron chi connectivity index (χ1n) is 8.59. The van der Waals surface area contributed by atoms with Gasteiger partial charge in [0.05, 0.1) is 10.6 Å². The zero-order valence-electron chi connectivity index (χ0n) is 14.7. The van der Waals surface area contributed by atoms with Crippen LogP contribution in [0.3, 0.4) is 0 Å². The second-order valence-electron chi connectivity index (χ2n) is 6.27. The maximum atomic E-state index is 13.0. The molecule has 1 unspecified atom stereocenters. The molecule has 0 radical (unpaired) electrons. The molecule has 0 N–H and O–H groups in total. The van der Waals surface area contributed by atoms with Crippen LogP contribution in [0.15, 0.2) is 42.5 Å². The van der Waals surface area contributed by atoms with E-state index < -0.39 is 6.04 Å². The Morgan fingerprint density at radius 3 is 2.58 bits per heavy atom. The Hall–Kier alpha value is -2.04. The van der Waals surface area contributed by atoms with Crippen LogP contribution in [0.1, 0.15) is 29.8 Å². The minimum Gasteiger partial charge on any atom is -0.325 e. The van der Waals surface area contributed by atoms with E-state index in [4.69, 9.17) is 23.2 Å². The summed E-state index contributed by atoms with van der Waals surface area (Å²) in [6, 6.07) is 12.1. The molecular weight excluding hydrogens is 371 g/mol. The van der Waals surface area contributed by atoms with Gasteiger partial charge in [-0.3, -0.25) is 9.59 Å². The zero-order chi connectivity index (χ0) is 18.8. The number of aryl methyl sites for hydroxylation is 1. The van der Waals surface area contributed by atoms with Gasteiger partial charge in [-0.1, -0.05) is 48.3 Å². The molecule has 136 valence electrons. The number of anilines is 1. The second-order valence-corrected chi connectivity index (χ2v) is 7.11. The average Bonchev–Trinajstić information content (AvgIpc) is 2.63. The predicted molar refractivity (Wildman–Crippen MR) is 105 cm³/mol. The van der Waals surface area contributed by atoms with Crippen LogP contribution in [0, 0.1) is 0 Å². The van der Waals surface area contributed by atoms with Gasteiger partial charge in [0.25, 0.3) is 5.91 Å². The predicted octanol–water partition coefficient (Wildman–Crippen LogP) is 4.43. The molecule has 0 bridgehead atoms. The van der Waals surface area contributed by atoms with Crippen molar-refractivity contribution in [3.63, 3.8) is 0 Å². The highest BCUT2D eigenvalue weighted by Gasteiger charge is 2.36. The lowest BCUT2D eigenvalue weighted by molar-refractivity contribution is -0.124. The van der Waals surface area contributed by atoms with Crippen molar-refractivity contribution in [3.05, 3.63) is 63.6 Å². The van der Waals surface area contributed by atoms with E-state index in [2.05, 4.69) is 6.92 Å². The van der Waals surface area contributed by atoms with Gasteiger partial charge in [-0.05, 0) is 43.2 Å². The normalized spacial score (nSPS) is 17.5. The van der Waals surface area contributed by atoms with E-state index in [0.717, 1.165) is 17.7 Å². The third-order valence-electron chi connectivity index (χ3n) is 4.74. The van der Waals surface area contributed by atoms with Gasteiger partial charge in [0.15, 0.2) is 0 Å². The molecule has 2 amide bonds. The molecule has 1 aliphatic heterocycles. The van der Waals surface area contributed by atoms with E-state index in [0.29, 0.717) is 28.7 Å². The van der Waals surface area contributed by atoms with Crippen molar-refractivity contribution in [1.82, 2.24) is 4.90 Å². The molecule has 0 spiro atoms. The van der Waals surface area contributed by atoms with Crippen molar-refractivity contribution in [1.29, 1.82) is 0 Å². The smallest absolute Gasteiger partial charge is 0.256 e. The van der Waals surface area contributed by atoms with Gasteiger partial charge in [-0.15, -0.1) is 0 Å². The lowest BCUT2D eigenvalue weighted by Gasteiger charge is -2.39. The van der Waals surface area contributed by atoms with Crippen LogP contribution in [-0.4, -0.2) is 35.8 Å². The standard InChI is InChI=1S/C20H20Cl2N2O2/c1-3-14-6-4-5-7-18(14)24-11-10-23(13(2)19(24)25)20(26)16-9-8-15(21)12-17(16)22/h4-9,12-13H,3,10-11H2,1-2H3. The van der Waals surface area contributed by atoms with Crippen LogP contribution in [0.5, 0.6) is 0 Å². The van der Waals surface area contributed by atoms with Gasteiger partial charge in [-0.25, -0.2) is 0 Å². The number of piperazine rings is 1. The van der Waals surface area contributed by atoms with E-state index in [1.54, 1.807) is 28.9 Å². The molecule has 26 heavy (non-hydrogen) atoms. The van der Waals surface area contributed by atoms with Gasteiger partial charge in [0.2, 0.25) is 5.91 Å². The number of hydrogen-bond acceptors (Lipinski definition) is 2. The second kappa shape index (κ2) is 7.68. The van der Waals surface area contributed by atoms with Crippen LogP contribution in [0.2, 0.25) is 10.0 Å². The summed E-state index contributed by atoms with van der Waals surface area (Å²) in [5, 5.41) is 0.762. The number of nitrogens with zero attached hydrogens (tertiary/aromatic N) is 2. The highest BCUT2D eigenvalue weighted by atomic mass is 35.5. The third-order valence-corrected chi connectivity index (χ3v) is 5.29. The summed E-state index contributed by atoms with van der Waals surface area (Å²) in [6.07, 6.45) is 0.845. The first-order valence-corrected chi connectivity index (χ1v) is 9.35. The van der Waals surface area contributed by atoms with Crippen molar-refractivity contribution in [3.8, 4) is 0 Å². The van der Waals surface area contributed by atoms with E-state index in [9.17, 15) is 9.59 Å². The molecule has 1 saturated heterocycles. The summed E-state index contributed by atoms with van der Waals surface area (Å²) in [7, 11) is 0. The topological polar surface area (TPSA) is 40.6 Å². The minimum absolute atomic E-state index is 0.0874. The molecular formula is C20H20Cl2N2O2. The SMILES string of the molecule is CCc1ccccc1N1CCN(C(=O)c2ccc(Cl)cc2Cl)C(C)C1=O. The first kappa shape index (κ1) is 18.7. The Kier molecular flexibility index (Phi) is 5.54. The van der Waals surface area contributed by atoms with Crippen LogP contribution in [0.25, 0.3) is 0 Å². The lowest BCUT2D eigenvalue weighted by atomic mass is 10.1. The molecule has 3 rings (SSSR count). The Morgan fingerprint density at radius 2 is 1.88 bits per heavy atom. The summed E-state index contributed by atoms with van der Waals surface area (Å²) in [4.78, 5) is 29.2. The summed E-state index contributed by atoms with van der Waals surface area (Å²) in [5.74, 6) is -0.341. The minimum atomic E-state index is -0.562. The van der Waals surface area contributed by atoms with E-state index in [1.807, 2.05) is 24.3 Å². The van der Waals surface area contributed by atoms with E-state index in [-0.39, 0.29) is 11.8 Å². The maximum Gasteiger partial charge on any atom is 0.256 e. The largest absolute Gasteiger partial charge is 0.325 e. The number of para-hydroxylation sites is 1. The fourth-order valence-electron chi connectivity index (χ4n) is 3.28. The fraction of sp³-hybridized carbons (Fsp3) is 0.300. The van der Waals surface area contributed by atoms with Crippen LogP contribution >= 0.6 is 23.2 Å². The number of carbonyl (C=O) groups is 2. The Morgan fingerprint density at radius 1 is 1.15 bits per heavy atom. The molecule has 0 aliphatic carbocycles. The molecule has 0 aromatic heterocycles. The highest BCUT2D eigenvalue weighted by molar-refractivity contribution is 6.36. The number of benzene rings is 2. The number of hydrogen-bond donors (Lipinski definition) is 0. The van der Waals surface area contributed by atoms with E-state index >= 15 is 0 Å². The summed E-state index contributed by atoms with van der Waals surface area (Å²) in [5.41, 5.74) is 2.40. The van der Waals surface area contributed by atoms with Crippen molar-refractivity contribution < 1.29 is 9.59 Å². The zero-order valence-corrected chi connectivity index (χ0v) is 16.2. The molecule has 1 fully saturated rings. The Labute approximate surface area is 163 Å². The van der Waals surface area contributed by atoms with Crippen molar-refractivity contribution in [2.24, 2.45) is 0 Å². The molecule has 6 heteroatoms. The highest BCUT2D eigenvalue weighted by Crippen LogP contribution is 2.27. The molecule has 0 saturated carbocycles. The fourth-order valence-corrected chi connectivity index (χ4v) is 3.77. The number of halogens is 2. The monoisotopic (exact) mass is 390 g/mol. The molecule has 2 aromatic rings. The van der Waals surface area contributed by atoms with Gasteiger partial charge in [-0.2, -0.15) is 0 Å². The molecule has 4 nitrogen and oxygen atoms in total. The summed E-state index contributed by atoms with van der Waals surface area (Å²) < 4.78 is 0. The lowest BCUT2D eigenvalue weighted by Crippen LogP contribution is -2.58. The van der Waals surface area contributed by atoms with Gasteiger partial charge in [0.1, 0.15) is 6.04 Å². The van der Waals surface area contributed by atoms with Crippen molar-refractivity contribution in [2.45, 2.75) is 26.3 Å². The van der Waals surface area contributed by atoms with Gasteiger partial charge < -0.3 is 9.80 Å². The molecule has 2 aromatic carbocycles. The van der Waals surface area contributed by atoms with Crippen LogP contribution < -0.4 is 4.90 Å².